The summed E-state index contributed by atoms with van der Waals surface area (Å²) in [6.45, 7) is -0.0790. The summed E-state index contributed by atoms with van der Waals surface area (Å²) in [4.78, 5) is 24.5. The van der Waals surface area contributed by atoms with Gasteiger partial charge in [0.2, 0.25) is 5.91 Å². The number of amides is 2. The summed E-state index contributed by atoms with van der Waals surface area (Å²) >= 11 is 0. The molecule has 0 aromatic heterocycles. The van der Waals surface area contributed by atoms with E-state index in [2.05, 4.69) is 0 Å². The maximum atomic E-state index is 13.4. The van der Waals surface area contributed by atoms with E-state index in [0.29, 0.717) is 24.6 Å². The minimum Gasteiger partial charge on any atom is -0.388 e. The summed E-state index contributed by atoms with van der Waals surface area (Å²) < 4.78 is 51.6. The van der Waals surface area contributed by atoms with E-state index in [1.165, 1.54) is 0 Å². The minimum absolute atomic E-state index is 0.178. The van der Waals surface area contributed by atoms with Gasteiger partial charge in [0, 0.05) is 12.1 Å². The van der Waals surface area contributed by atoms with Gasteiger partial charge >= 0.3 is 6.18 Å². The molecule has 1 heterocycles. The van der Waals surface area contributed by atoms with Crippen LogP contribution in [0.25, 0.3) is 0 Å². The van der Waals surface area contributed by atoms with Crippen molar-refractivity contribution in [1.82, 2.24) is 4.90 Å². The van der Waals surface area contributed by atoms with Gasteiger partial charge in [0.05, 0.1) is 24.1 Å². The number of nitrogens with two attached hydrogens (primary N) is 1. The Kier molecular flexibility index (Phi) is 4.84. The van der Waals surface area contributed by atoms with Gasteiger partial charge < -0.3 is 15.7 Å². The lowest BCUT2D eigenvalue weighted by Gasteiger charge is -2.38. The average Bonchev–Trinajstić information content (AvgIpc) is 2.43. The number of aliphatic hydroxyl groups is 1. The second-order valence-corrected chi connectivity index (χ2v) is 5.92. The summed E-state index contributed by atoms with van der Waals surface area (Å²) in [7, 11) is 0. The zero-order chi connectivity index (χ0) is 18.1. The highest BCUT2D eigenvalue weighted by Gasteiger charge is 2.38. The largest absolute Gasteiger partial charge is 0.416 e. The van der Waals surface area contributed by atoms with E-state index in [1.807, 2.05) is 0 Å². The molecule has 0 spiro atoms. The number of halogens is 4. The molecule has 0 saturated carbocycles. The van der Waals surface area contributed by atoms with Gasteiger partial charge in [-0.25, -0.2) is 4.39 Å². The van der Waals surface area contributed by atoms with Crippen molar-refractivity contribution in [3.63, 3.8) is 0 Å². The molecule has 1 saturated heterocycles. The molecule has 0 radical (unpaired) electrons. The molecule has 1 aromatic carbocycles. The molecule has 1 unspecified atom stereocenters. The quantitative estimate of drug-likeness (QED) is 0.816. The fourth-order valence-corrected chi connectivity index (χ4v) is 2.81. The number of carbonyl (C=O) groups is 2. The normalized spacial score (nSPS) is 21.6. The van der Waals surface area contributed by atoms with Crippen LogP contribution in [-0.4, -0.2) is 40.5 Å². The topological polar surface area (TPSA) is 83.6 Å². The van der Waals surface area contributed by atoms with Gasteiger partial charge in [-0.05, 0) is 31.0 Å². The van der Waals surface area contributed by atoms with Crippen LogP contribution >= 0.6 is 0 Å². The molecule has 2 rings (SSSR count). The molecule has 5 nitrogen and oxygen atoms in total. The van der Waals surface area contributed by atoms with Gasteiger partial charge in [0.15, 0.2) is 0 Å². The standard InChI is InChI=1S/C15H16F4N2O3/c16-11-5-9(4-10(6-11)15(17,18)19)13(23)21-3-1-2-14(24,8-21)7-12(20)22/h4-6,24H,1-3,7-8H2,(H2,20,22). The highest BCUT2D eigenvalue weighted by atomic mass is 19.4. The van der Waals surface area contributed by atoms with Crippen LogP contribution in [0, 0.1) is 5.82 Å². The number of hydrogen-bond acceptors (Lipinski definition) is 3. The Bertz CT molecular complexity index is 663. The van der Waals surface area contributed by atoms with E-state index in [1.54, 1.807) is 0 Å². The van der Waals surface area contributed by atoms with Crippen molar-refractivity contribution < 1.29 is 32.3 Å². The third-order valence-electron chi connectivity index (χ3n) is 3.82. The van der Waals surface area contributed by atoms with Gasteiger partial charge in [-0.2, -0.15) is 13.2 Å². The first kappa shape index (κ1) is 18.2. The number of benzene rings is 1. The van der Waals surface area contributed by atoms with Crippen LogP contribution in [0.15, 0.2) is 18.2 Å². The predicted molar refractivity (Wildman–Crippen MR) is 75.3 cm³/mol. The molecule has 1 aromatic rings. The van der Waals surface area contributed by atoms with Gasteiger partial charge in [-0.3, -0.25) is 9.59 Å². The van der Waals surface area contributed by atoms with E-state index in [-0.39, 0.29) is 25.9 Å². The Hall–Kier alpha value is -2.16. The smallest absolute Gasteiger partial charge is 0.388 e. The molecular weight excluding hydrogens is 332 g/mol. The molecule has 1 atom stereocenters. The minimum atomic E-state index is -4.79. The van der Waals surface area contributed by atoms with Gasteiger partial charge in [0.1, 0.15) is 5.82 Å². The van der Waals surface area contributed by atoms with E-state index in [9.17, 15) is 32.3 Å². The molecule has 1 fully saturated rings. The summed E-state index contributed by atoms with van der Waals surface area (Å²) in [5.74, 6) is -2.78. The number of carbonyl (C=O) groups excluding carboxylic acids is 2. The van der Waals surface area contributed by atoms with E-state index < -0.39 is 40.5 Å². The molecule has 132 valence electrons. The van der Waals surface area contributed by atoms with Gasteiger partial charge in [-0.15, -0.1) is 0 Å². The van der Waals surface area contributed by atoms with Crippen LogP contribution in [0.4, 0.5) is 17.6 Å². The average molecular weight is 348 g/mol. The van der Waals surface area contributed by atoms with Crippen molar-refractivity contribution in [2.45, 2.75) is 31.0 Å². The number of alkyl halides is 3. The van der Waals surface area contributed by atoms with Crippen LogP contribution < -0.4 is 5.73 Å². The maximum absolute atomic E-state index is 13.4. The first-order chi connectivity index (χ1) is 11.0. The molecule has 24 heavy (non-hydrogen) atoms. The maximum Gasteiger partial charge on any atom is 0.416 e. The second kappa shape index (κ2) is 6.39. The summed E-state index contributed by atoms with van der Waals surface area (Å²) in [6, 6.07) is 1.57. The monoisotopic (exact) mass is 348 g/mol. The summed E-state index contributed by atoms with van der Waals surface area (Å²) in [6.07, 6.45) is -4.58. The molecule has 1 aliphatic rings. The van der Waals surface area contributed by atoms with Gasteiger partial charge in [-0.1, -0.05) is 0 Å². The summed E-state index contributed by atoms with van der Waals surface area (Å²) in [5.41, 5.74) is 1.79. The third kappa shape index (κ3) is 4.22. The number of likely N-dealkylation sites (tertiary alicyclic amines) is 1. The highest BCUT2D eigenvalue weighted by molar-refractivity contribution is 5.94. The Morgan fingerprint density at radius 2 is 1.96 bits per heavy atom. The Morgan fingerprint density at radius 1 is 1.29 bits per heavy atom. The van der Waals surface area contributed by atoms with Crippen LogP contribution in [0.5, 0.6) is 0 Å². The zero-order valence-electron chi connectivity index (χ0n) is 12.6. The molecule has 0 bridgehead atoms. The number of primary amides is 1. The fourth-order valence-electron chi connectivity index (χ4n) is 2.81. The Morgan fingerprint density at radius 3 is 2.54 bits per heavy atom. The molecular formula is C15H16F4N2O3. The lowest BCUT2D eigenvalue weighted by molar-refractivity contribution is -0.137. The molecule has 2 amide bonds. The van der Waals surface area contributed by atoms with Gasteiger partial charge in [0.25, 0.3) is 5.91 Å². The molecule has 3 N–H and O–H groups in total. The van der Waals surface area contributed by atoms with Crippen molar-refractivity contribution in [3.8, 4) is 0 Å². The lowest BCUT2D eigenvalue weighted by atomic mass is 9.89. The van der Waals surface area contributed by atoms with E-state index in [4.69, 9.17) is 5.73 Å². The number of nitrogens with zero attached hydrogens (tertiary/aromatic N) is 1. The first-order valence-corrected chi connectivity index (χ1v) is 7.18. The lowest BCUT2D eigenvalue weighted by Crippen LogP contribution is -2.51. The second-order valence-electron chi connectivity index (χ2n) is 5.92. The third-order valence-corrected chi connectivity index (χ3v) is 3.82. The van der Waals surface area contributed by atoms with Crippen LogP contribution in [0.3, 0.4) is 0 Å². The number of hydrogen-bond donors (Lipinski definition) is 2. The van der Waals surface area contributed by atoms with Crippen molar-refractivity contribution in [1.29, 1.82) is 0 Å². The number of rotatable bonds is 3. The zero-order valence-corrected chi connectivity index (χ0v) is 12.6. The number of piperidine rings is 1. The van der Waals surface area contributed by atoms with Crippen LogP contribution in [0.2, 0.25) is 0 Å². The molecule has 0 aliphatic carbocycles. The van der Waals surface area contributed by atoms with Crippen LogP contribution in [-0.2, 0) is 11.0 Å². The molecule has 9 heteroatoms. The summed E-state index contributed by atoms with van der Waals surface area (Å²) in [5, 5.41) is 10.3. The van der Waals surface area contributed by atoms with Crippen molar-refractivity contribution in [2.24, 2.45) is 5.73 Å². The Balaban J connectivity index is 2.25. The van der Waals surface area contributed by atoms with E-state index in [0.717, 1.165) is 4.90 Å². The Labute approximate surface area is 135 Å². The number of β-amino-alcohol motifs (C(OH)–C–C–N with tert-alkyl or cyclic N) is 1. The SMILES string of the molecule is NC(=O)CC1(O)CCCN(C(=O)c2cc(F)cc(C(F)(F)F)c2)C1. The van der Waals surface area contributed by atoms with Crippen molar-refractivity contribution in [3.05, 3.63) is 35.1 Å². The first-order valence-electron chi connectivity index (χ1n) is 7.18. The van der Waals surface area contributed by atoms with Crippen LogP contribution in [0.1, 0.15) is 35.2 Å². The van der Waals surface area contributed by atoms with Crippen molar-refractivity contribution >= 4 is 11.8 Å². The van der Waals surface area contributed by atoms with Crippen molar-refractivity contribution in [2.75, 3.05) is 13.1 Å². The fraction of sp³-hybridized carbons (Fsp3) is 0.467. The predicted octanol–water partition coefficient (Wildman–Crippen LogP) is 1.69. The van der Waals surface area contributed by atoms with E-state index >= 15 is 0 Å². The molecule has 1 aliphatic heterocycles. The highest BCUT2D eigenvalue weighted by Crippen LogP contribution is 2.31.